The predicted octanol–water partition coefficient (Wildman–Crippen LogP) is 3.03. The van der Waals surface area contributed by atoms with Gasteiger partial charge in [0.05, 0.1) is 0 Å². The Bertz CT molecular complexity index is 250. The highest BCUT2D eigenvalue weighted by molar-refractivity contribution is 14.0. The number of hydrogen-bond acceptors (Lipinski definition) is 3. The highest BCUT2D eigenvalue weighted by atomic mass is 127. The van der Waals surface area contributed by atoms with Crippen LogP contribution in [0.1, 0.15) is 39.5 Å². The number of nitrogens with zero attached hydrogens (tertiary/aromatic N) is 2. The maximum absolute atomic E-state index is 4.25. The number of unbranched alkanes of at least 4 members (excludes halogenated alkanes) is 2. The van der Waals surface area contributed by atoms with Crippen LogP contribution in [0.4, 0.5) is 0 Å². The molecule has 0 aromatic heterocycles. The van der Waals surface area contributed by atoms with Crippen LogP contribution < -0.4 is 10.6 Å². The summed E-state index contributed by atoms with van der Waals surface area (Å²) in [7, 11) is 4.02. The van der Waals surface area contributed by atoms with Gasteiger partial charge in [0.1, 0.15) is 0 Å². The average Bonchev–Trinajstić information content (AvgIpc) is 2.44. The van der Waals surface area contributed by atoms with Crippen LogP contribution in [-0.4, -0.2) is 62.6 Å². The van der Waals surface area contributed by atoms with E-state index in [4.69, 9.17) is 0 Å². The number of guanidine groups is 1. The largest absolute Gasteiger partial charge is 0.356 e. The molecule has 128 valence electrons. The topological polar surface area (TPSA) is 39.7 Å². The quantitative estimate of drug-likeness (QED) is 0.229. The average molecular weight is 430 g/mol. The first-order valence-electron chi connectivity index (χ1n) is 7.75. The molecule has 0 bridgehead atoms. The van der Waals surface area contributed by atoms with E-state index in [0.29, 0.717) is 6.04 Å². The molecule has 6 heteroatoms. The van der Waals surface area contributed by atoms with Crippen LogP contribution in [0, 0.1) is 0 Å². The summed E-state index contributed by atoms with van der Waals surface area (Å²) in [5.74, 6) is 2.18. The minimum atomic E-state index is 0. The molecular weight excluding hydrogens is 395 g/mol. The van der Waals surface area contributed by atoms with Crippen molar-refractivity contribution in [2.45, 2.75) is 45.6 Å². The second-order valence-electron chi connectivity index (χ2n) is 5.41. The molecule has 0 aromatic rings. The minimum absolute atomic E-state index is 0. The fraction of sp³-hybridized carbons (Fsp3) is 0.933. The molecule has 0 spiro atoms. The first-order chi connectivity index (χ1) is 9.61. The first kappa shape index (κ1) is 23.6. The number of halogens is 1. The Labute approximate surface area is 153 Å². The van der Waals surface area contributed by atoms with E-state index in [1.807, 2.05) is 18.8 Å². The molecule has 0 saturated heterocycles. The van der Waals surface area contributed by atoms with Crippen molar-refractivity contribution >= 4 is 41.7 Å². The molecular formula is C15H35IN4S. The van der Waals surface area contributed by atoms with E-state index in [0.717, 1.165) is 19.0 Å². The summed E-state index contributed by atoms with van der Waals surface area (Å²) in [6.07, 6.45) is 7.05. The minimum Gasteiger partial charge on any atom is -0.356 e. The Morgan fingerprint density at radius 1 is 1.10 bits per heavy atom. The zero-order chi connectivity index (χ0) is 15.2. The summed E-state index contributed by atoms with van der Waals surface area (Å²) in [6.45, 7) is 7.65. The van der Waals surface area contributed by atoms with Crippen LogP contribution >= 0.6 is 35.7 Å². The van der Waals surface area contributed by atoms with Gasteiger partial charge in [-0.15, -0.1) is 24.0 Å². The molecule has 0 rings (SSSR count). The Hall–Kier alpha value is 0.310. The Balaban J connectivity index is 0. The van der Waals surface area contributed by atoms with Crippen molar-refractivity contribution in [3.63, 3.8) is 0 Å². The molecule has 0 amide bonds. The number of aliphatic imine (C=N–C) groups is 1. The second-order valence-corrected chi connectivity index (χ2v) is 6.39. The normalized spacial score (nSPS) is 11.7. The van der Waals surface area contributed by atoms with Crippen molar-refractivity contribution in [3.05, 3.63) is 0 Å². The number of rotatable bonds is 11. The van der Waals surface area contributed by atoms with Crippen LogP contribution in [0.15, 0.2) is 4.99 Å². The lowest BCUT2D eigenvalue weighted by molar-refractivity contribution is 0.268. The van der Waals surface area contributed by atoms with Crippen LogP contribution in [0.3, 0.4) is 0 Å². The van der Waals surface area contributed by atoms with Gasteiger partial charge in [-0.2, -0.15) is 11.8 Å². The lowest BCUT2D eigenvalue weighted by Crippen LogP contribution is -2.38. The second kappa shape index (κ2) is 16.7. The standard InChI is InChI=1S/C15H34N4S.HI/c1-14(2)19(4)12-8-6-10-17-15(16-3)18-11-7-9-13-20-5;/h14H,6-13H2,1-5H3,(H2,16,17,18);1H. The summed E-state index contributed by atoms with van der Waals surface area (Å²) in [5, 5.41) is 6.74. The van der Waals surface area contributed by atoms with Gasteiger partial charge in [0.15, 0.2) is 5.96 Å². The summed E-state index contributed by atoms with van der Waals surface area (Å²) < 4.78 is 0. The van der Waals surface area contributed by atoms with E-state index in [1.54, 1.807) is 0 Å². The fourth-order valence-electron chi connectivity index (χ4n) is 1.75. The third-order valence-electron chi connectivity index (χ3n) is 3.40. The number of nitrogens with one attached hydrogen (secondary N) is 2. The molecule has 4 nitrogen and oxygen atoms in total. The first-order valence-corrected chi connectivity index (χ1v) is 9.15. The molecule has 0 radical (unpaired) electrons. The molecule has 0 unspecified atom stereocenters. The highest BCUT2D eigenvalue weighted by Crippen LogP contribution is 1.98. The van der Waals surface area contributed by atoms with Gasteiger partial charge in [-0.25, -0.2) is 0 Å². The Morgan fingerprint density at radius 3 is 2.14 bits per heavy atom. The predicted molar refractivity (Wildman–Crippen MR) is 109 cm³/mol. The molecule has 0 heterocycles. The molecule has 0 saturated carbocycles. The van der Waals surface area contributed by atoms with Crippen molar-refractivity contribution in [2.24, 2.45) is 4.99 Å². The molecule has 0 aliphatic rings. The summed E-state index contributed by atoms with van der Waals surface area (Å²) in [5.41, 5.74) is 0. The van der Waals surface area contributed by atoms with E-state index in [2.05, 4.69) is 47.7 Å². The van der Waals surface area contributed by atoms with E-state index >= 15 is 0 Å². The molecule has 0 aliphatic carbocycles. The lowest BCUT2D eigenvalue weighted by atomic mass is 10.2. The van der Waals surface area contributed by atoms with Crippen molar-refractivity contribution < 1.29 is 0 Å². The van der Waals surface area contributed by atoms with Crippen LogP contribution in [-0.2, 0) is 0 Å². The third-order valence-corrected chi connectivity index (χ3v) is 4.10. The summed E-state index contributed by atoms with van der Waals surface area (Å²) >= 11 is 1.91. The van der Waals surface area contributed by atoms with Gasteiger partial charge in [-0.3, -0.25) is 4.99 Å². The summed E-state index contributed by atoms with van der Waals surface area (Å²) in [6, 6.07) is 0.638. The Kier molecular flexibility index (Phi) is 18.7. The maximum atomic E-state index is 4.25. The zero-order valence-electron chi connectivity index (χ0n) is 14.4. The Morgan fingerprint density at radius 2 is 1.67 bits per heavy atom. The van der Waals surface area contributed by atoms with Gasteiger partial charge in [0, 0.05) is 26.2 Å². The van der Waals surface area contributed by atoms with Gasteiger partial charge < -0.3 is 15.5 Å². The number of hydrogen-bond donors (Lipinski definition) is 2. The van der Waals surface area contributed by atoms with Crippen LogP contribution in [0.5, 0.6) is 0 Å². The van der Waals surface area contributed by atoms with E-state index in [-0.39, 0.29) is 24.0 Å². The number of thioether (sulfide) groups is 1. The smallest absolute Gasteiger partial charge is 0.190 e. The lowest BCUT2D eigenvalue weighted by Gasteiger charge is -2.20. The van der Waals surface area contributed by atoms with Crippen LogP contribution in [0.25, 0.3) is 0 Å². The van der Waals surface area contributed by atoms with Crippen LogP contribution in [0.2, 0.25) is 0 Å². The highest BCUT2D eigenvalue weighted by Gasteiger charge is 2.02. The van der Waals surface area contributed by atoms with Gasteiger partial charge in [-0.1, -0.05) is 0 Å². The molecule has 0 aromatic carbocycles. The monoisotopic (exact) mass is 430 g/mol. The van der Waals surface area contributed by atoms with Gasteiger partial charge >= 0.3 is 0 Å². The van der Waals surface area contributed by atoms with Crippen molar-refractivity contribution in [3.8, 4) is 0 Å². The summed E-state index contributed by atoms with van der Waals surface area (Å²) in [4.78, 5) is 6.63. The zero-order valence-corrected chi connectivity index (χ0v) is 17.6. The van der Waals surface area contributed by atoms with Crippen molar-refractivity contribution in [1.82, 2.24) is 15.5 Å². The van der Waals surface area contributed by atoms with Gasteiger partial charge in [0.25, 0.3) is 0 Å². The van der Waals surface area contributed by atoms with Gasteiger partial charge in [-0.05, 0) is 65.1 Å². The molecule has 0 atom stereocenters. The SMILES string of the molecule is CN=C(NCCCCSC)NCCCCN(C)C(C)C.I. The molecule has 0 aliphatic heterocycles. The molecule has 0 fully saturated rings. The molecule has 21 heavy (non-hydrogen) atoms. The molecule has 2 N–H and O–H groups in total. The van der Waals surface area contributed by atoms with Gasteiger partial charge in [0.2, 0.25) is 0 Å². The van der Waals surface area contributed by atoms with Crippen molar-refractivity contribution in [1.29, 1.82) is 0 Å². The maximum Gasteiger partial charge on any atom is 0.190 e. The van der Waals surface area contributed by atoms with E-state index < -0.39 is 0 Å². The van der Waals surface area contributed by atoms with Crippen molar-refractivity contribution in [2.75, 3.05) is 45.7 Å². The van der Waals surface area contributed by atoms with E-state index in [9.17, 15) is 0 Å². The fourth-order valence-corrected chi connectivity index (χ4v) is 2.24. The third kappa shape index (κ3) is 15.0. The van der Waals surface area contributed by atoms with E-state index in [1.165, 1.54) is 38.0 Å².